The van der Waals surface area contributed by atoms with Crippen molar-refractivity contribution in [1.82, 2.24) is 9.55 Å². The van der Waals surface area contributed by atoms with Gasteiger partial charge in [0.1, 0.15) is 5.82 Å². The van der Waals surface area contributed by atoms with Gasteiger partial charge in [0.2, 0.25) is 0 Å². The monoisotopic (exact) mass is 407 g/mol. The molecule has 1 aromatic heterocycles. The molecular weight excluding hydrogens is 393 g/mol. The fourth-order valence-corrected chi connectivity index (χ4v) is 3.06. The number of halogens is 3. The third-order valence-corrected chi connectivity index (χ3v) is 4.64. The van der Waals surface area contributed by atoms with Crippen LogP contribution < -0.4 is 0 Å². The van der Waals surface area contributed by atoms with Crippen LogP contribution in [0.3, 0.4) is 0 Å². The van der Waals surface area contributed by atoms with E-state index in [4.69, 9.17) is 28.5 Å². The number of carbonyl (C=O) groups is 1. The van der Waals surface area contributed by atoms with E-state index in [-0.39, 0.29) is 18.3 Å². The minimum absolute atomic E-state index is 0. The Morgan fingerprint density at radius 2 is 2.04 bits per heavy atom. The molecule has 1 unspecified atom stereocenters. The van der Waals surface area contributed by atoms with Gasteiger partial charge in [0.05, 0.1) is 29.6 Å². The molecule has 2 aromatic carbocycles. The number of imidazole rings is 1. The number of nitriles is 1. The molecule has 0 N–H and O–H groups in total. The summed E-state index contributed by atoms with van der Waals surface area (Å²) in [6.45, 7) is 2.36. The number of fused-ring (bicyclic) bond motifs is 1. The molecule has 0 radical (unpaired) electrons. The van der Waals surface area contributed by atoms with Crippen molar-refractivity contribution in [3.05, 3.63) is 64.4 Å². The maximum absolute atomic E-state index is 11.5. The van der Waals surface area contributed by atoms with Crippen LogP contribution in [0.2, 0.25) is 5.02 Å². The van der Waals surface area contributed by atoms with Gasteiger partial charge in [-0.15, -0.1) is 12.4 Å². The number of hydrogen-bond acceptors (Lipinski definition) is 3. The summed E-state index contributed by atoms with van der Waals surface area (Å²) in [7, 11) is 0. The Hall–Kier alpha value is -2.06. The second-order valence-electron chi connectivity index (χ2n) is 5.92. The largest absolute Gasteiger partial charge is 0.323 e. The summed E-state index contributed by atoms with van der Waals surface area (Å²) in [6, 6.07) is 15.0. The van der Waals surface area contributed by atoms with Gasteiger partial charge in [-0.1, -0.05) is 29.8 Å². The van der Waals surface area contributed by atoms with Gasteiger partial charge in [0, 0.05) is 17.0 Å². The van der Waals surface area contributed by atoms with Crippen molar-refractivity contribution in [1.29, 1.82) is 5.26 Å². The van der Waals surface area contributed by atoms with Gasteiger partial charge in [-0.25, -0.2) is 4.98 Å². The molecule has 0 aliphatic carbocycles. The Morgan fingerprint density at radius 3 is 2.69 bits per heavy atom. The SMILES string of the molecule is CC(C#N)Cc1nc2ccc(C(=O)Cl)cc2n1Cc1ccccc1Cl.Cl. The van der Waals surface area contributed by atoms with Crippen molar-refractivity contribution in [3.63, 3.8) is 0 Å². The summed E-state index contributed by atoms with van der Waals surface area (Å²) in [4.78, 5) is 16.2. The third kappa shape index (κ3) is 4.19. The van der Waals surface area contributed by atoms with E-state index in [1.807, 2.05) is 35.8 Å². The van der Waals surface area contributed by atoms with Crippen molar-refractivity contribution in [2.24, 2.45) is 5.92 Å². The predicted molar refractivity (Wildman–Crippen MR) is 106 cm³/mol. The molecule has 134 valence electrons. The van der Waals surface area contributed by atoms with E-state index in [1.165, 1.54) is 0 Å². The summed E-state index contributed by atoms with van der Waals surface area (Å²) in [6.07, 6.45) is 0.514. The van der Waals surface area contributed by atoms with Crippen molar-refractivity contribution in [2.45, 2.75) is 19.9 Å². The van der Waals surface area contributed by atoms with Gasteiger partial charge in [0.25, 0.3) is 5.24 Å². The quantitative estimate of drug-likeness (QED) is 0.542. The number of carbonyl (C=O) groups excluding carboxylic acids is 1. The fraction of sp³-hybridized carbons (Fsp3) is 0.211. The predicted octanol–water partition coefficient (Wildman–Crippen LogP) is 5.24. The fourth-order valence-electron chi connectivity index (χ4n) is 2.74. The topological polar surface area (TPSA) is 58.7 Å². The molecule has 3 aromatic rings. The summed E-state index contributed by atoms with van der Waals surface area (Å²) >= 11 is 11.9. The summed E-state index contributed by atoms with van der Waals surface area (Å²) in [5, 5.41) is 9.29. The molecule has 0 saturated carbocycles. The molecule has 26 heavy (non-hydrogen) atoms. The van der Waals surface area contributed by atoms with Crippen LogP contribution in [-0.4, -0.2) is 14.8 Å². The summed E-state index contributed by atoms with van der Waals surface area (Å²) < 4.78 is 1.99. The zero-order chi connectivity index (χ0) is 18.0. The Kier molecular flexibility index (Phi) is 6.66. The molecule has 0 amide bonds. The van der Waals surface area contributed by atoms with E-state index in [0.29, 0.717) is 23.6 Å². The Balaban J connectivity index is 0.00000243. The van der Waals surface area contributed by atoms with Crippen molar-refractivity contribution < 1.29 is 4.79 Å². The van der Waals surface area contributed by atoms with Crippen molar-refractivity contribution in [3.8, 4) is 6.07 Å². The lowest BCUT2D eigenvalue weighted by molar-refractivity contribution is 0.108. The average molecular weight is 409 g/mol. The molecule has 7 heteroatoms. The minimum Gasteiger partial charge on any atom is -0.323 e. The van der Waals surface area contributed by atoms with Gasteiger partial charge >= 0.3 is 0 Å². The summed E-state index contributed by atoms with van der Waals surface area (Å²) in [5.41, 5.74) is 2.91. The molecule has 0 aliphatic rings. The number of nitrogens with zero attached hydrogens (tertiary/aromatic N) is 3. The van der Waals surface area contributed by atoms with Crippen molar-refractivity contribution in [2.75, 3.05) is 0 Å². The zero-order valence-corrected chi connectivity index (χ0v) is 16.3. The molecule has 0 fully saturated rings. The van der Waals surface area contributed by atoms with Crippen LogP contribution in [0.25, 0.3) is 11.0 Å². The molecule has 1 atom stereocenters. The Morgan fingerprint density at radius 1 is 1.31 bits per heavy atom. The van der Waals surface area contributed by atoms with Gasteiger partial charge in [0.15, 0.2) is 0 Å². The van der Waals surface area contributed by atoms with Crippen LogP contribution in [0.5, 0.6) is 0 Å². The van der Waals surface area contributed by atoms with E-state index >= 15 is 0 Å². The first-order valence-corrected chi connectivity index (χ1v) is 8.57. The number of hydrogen-bond donors (Lipinski definition) is 0. The number of benzene rings is 2. The second-order valence-corrected chi connectivity index (χ2v) is 6.67. The Labute approximate surface area is 167 Å². The lowest BCUT2D eigenvalue weighted by Crippen LogP contribution is -2.09. The smallest absolute Gasteiger partial charge is 0.252 e. The van der Waals surface area contributed by atoms with Gasteiger partial charge in [-0.3, -0.25) is 4.79 Å². The highest BCUT2D eigenvalue weighted by molar-refractivity contribution is 6.67. The van der Waals surface area contributed by atoms with E-state index < -0.39 is 5.24 Å². The van der Waals surface area contributed by atoms with E-state index in [2.05, 4.69) is 11.1 Å². The van der Waals surface area contributed by atoms with Crippen LogP contribution in [0, 0.1) is 17.2 Å². The molecule has 0 saturated heterocycles. The lowest BCUT2D eigenvalue weighted by Gasteiger charge is -2.11. The maximum atomic E-state index is 11.5. The van der Waals surface area contributed by atoms with Crippen LogP contribution in [0.15, 0.2) is 42.5 Å². The van der Waals surface area contributed by atoms with Gasteiger partial charge in [-0.2, -0.15) is 5.26 Å². The van der Waals surface area contributed by atoms with Gasteiger partial charge < -0.3 is 4.57 Å². The first-order chi connectivity index (χ1) is 12.0. The standard InChI is InChI=1S/C19H15Cl2N3O.ClH/c1-12(10-22)8-18-23-16-7-6-13(19(21)25)9-17(16)24(18)11-14-4-2-3-5-15(14)20;/h2-7,9,12H,8,11H2,1H3;1H. The highest BCUT2D eigenvalue weighted by Gasteiger charge is 2.16. The van der Waals surface area contributed by atoms with Crippen LogP contribution in [-0.2, 0) is 13.0 Å². The molecule has 4 nitrogen and oxygen atoms in total. The lowest BCUT2D eigenvalue weighted by atomic mass is 10.1. The first-order valence-electron chi connectivity index (χ1n) is 7.81. The van der Waals surface area contributed by atoms with Crippen molar-refractivity contribution >= 4 is 51.9 Å². The Bertz CT molecular complexity index is 991. The third-order valence-electron chi connectivity index (χ3n) is 4.05. The highest BCUT2D eigenvalue weighted by atomic mass is 35.5. The normalized spacial score (nSPS) is 11.6. The van der Waals surface area contributed by atoms with Crippen LogP contribution in [0.4, 0.5) is 0 Å². The number of rotatable bonds is 5. The molecule has 0 bridgehead atoms. The zero-order valence-electron chi connectivity index (χ0n) is 13.9. The second kappa shape index (κ2) is 8.55. The van der Waals surface area contributed by atoms with Crippen LogP contribution >= 0.6 is 35.6 Å². The van der Waals surface area contributed by atoms with E-state index in [9.17, 15) is 4.79 Å². The van der Waals surface area contributed by atoms with E-state index in [0.717, 1.165) is 22.4 Å². The summed E-state index contributed by atoms with van der Waals surface area (Å²) in [5.74, 6) is 0.610. The maximum Gasteiger partial charge on any atom is 0.252 e. The average Bonchev–Trinajstić information content (AvgIpc) is 2.93. The minimum atomic E-state index is -0.515. The number of aromatic nitrogens is 2. The molecule has 0 aliphatic heterocycles. The molecule has 0 spiro atoms. The molecule has 1 heterocycles. The van der Waals surface area contributed by atoms with E-state index in [1.54, 1.807) is 18.2 Å². The molecular formula is C19H16Cl3N3O. The van der Waals surface area contributed by atoms with Gasteiger partial charge in [-0.05, 0) is 48.4 Å². The van der Waals surface area contributed by atoms with Crippen LogP contribution in [0.1, 0.15) is 28.7 Å². The molecule has 3 rings (SSSR count). The first kappa shape index (κ1) is 20.3. The highest BCUT2D eigenvalue weighted by Crippen LogP contribution is 2.24.